The number of allylic oxidation sites excluding steroid dienone is 1. The van der Waals surface area contributed by atoms with Crippen LogP contribution in [0, 0.1) is 0 Å². The van der Waals surface area contributed by atoms with Crippen molar-refractivity contribution < 1.29 is 9.21 Å². The van der Waals surface area contributed by atoms with E-state index in [0.717, 1.165) is 5.57 Å². The summed E-state index contributed by atoms with van der Waals surface area (Å²) >= 11 is 0. The Bertz CT molecular complexity index is 380. The topological polar surface area (TPSA) is 134 Å². The molecule has 0 saturated carbocycles. The van der Waals surface area contributed by atoms with Gasteiger partial charge >= 0.3 is 0 Å². The molecule has 0 aliphatic rings. The summed E-state index contributed by atoms with van der Waals surface area (Å²) in [5, 5.41) is 0. The van der Waals surface area contributed by atoms with Gasteiger partial charge in [-0.2, -0.15) is 0 Å². The van der Waals surface area contributed by atoms with Gasteiger partial charge in [-0.25, -0.2) is 0 Å². The minimum Gasteiger partial charge on any atom is -0.463 e. The Morgan fingerprint density at radius 1 is 1.38 bits per heavy atom. The monoisotopic (exact) mass is 224 g/mol. The summed E-state index contributed by atoms with van der Waals surface area (Å²) in [6.07, 6.45) is 3.20. The molecule has 1 aromatic rings. The molecule has 16 heavy (non-hydrogen) atoms. The molecule has 0 atom stereocenters. The molecule has 0 aliphatic heterocycles. The predicted molar refractivity (Wildman–Crippen MR) is 62.2 cm³/mol. The Morgan fingerprint density at radius 3 is 2.31 bits per heavy atom. The number of carbonyl (C=O) groups is 1. The van der Waals surface area contributed by atoms with Gasteiger partial charge in [-0.05, 0) is 30.8 Å². The molecule has 0 radical (unpaired) electrons. The number of hydrogen-bond acceptors (Lipinski definition) is 5. The largest absolute Gasteiger partial charge is 0.463 e. The third kappa shape index (κ3) is 3.79. The Morgan fingerprint density at radius 2 is 1.94 bits per heavy atom. The lowest BCUT2D eigenvalue weighted by Gasteiger charge is -2.04. The van der Waals surface area contributed by atoms with Crippen molar-refractivity contribution in [2.24, 2.45) is 22.9 Å². The lowest BCUT2D eigenvalue weighted by Crippen LogP contribution is -2.10. The van der Waals surface area contributed by atoms with Gasteiger partial charge in [0, 0.05) is 0 Å². The molecule has 88 valence electrons. The van der Waals surface area contributed by atoms with Crippen molar-refractivity contribution in [1.82, 2.24) is 0 Å². The number of rotatable bonds is 2. The Labute approximate surface area is 93.6 Å². The molecule has 1 rings (SSSR count). The van der Waals surface area contributed by atoms with Gasteiger partial charge in [-0.1, -0.05) is 0 Å². The molecule has 0 unspecified atom stereocenters. The van der Waals surface area contributed by atoms with Crippen LogP contribution in [0.2, 0.25) is 0 Å². The first-order valence-corrected chi connectivity index (χ1v) is 4.41. The highest BCUT2D eigenvalue weighted by molar-refractivity contribution is 5.65. The first-order chi connectivity index (χ1) is 7.58. The standard InChI is InChI=1S/C9H13N3O.CH3NO/c1-6(5-10)8(11)9(12)7-3-2-4-13-7;2-1-3/h2-5H,10-12H2,1H3;1H,(H2,2,3)/b6-5-,9-8+;. The minimum absolute atomic E-state index is 0.250. The van der Waals surface area contributed by atoms with Crippen LogP contribution < -0.4 is 22.9 Å². The van der Waals surface area contributed by atoms with Crippen LogP contribution in [0.5, 0.6) is 0 Å². The summed E-state index contributed by atoms with van der Waals surface area (Å²) in [6.45, 7) is 1.78. The molecule has 0 aliphatic carbocycles. The van der Waals surface area contributed by atoms with Gasteiger partial charge in [0.15, 0.2) is 5.76 Å². The van der Waals surface area contributed by atoms with Gasteiger partial charge in [0.1, 0.15) is 0 Å². The van der Waals surface area contributed by atoms with Gasteiger partial charge in [0.05, 0.1) is 17.7 Å². The SMILES string of the molecule is CC(=C/N)/C(N)=C(\N)c1ccco1.NC=O. The van der Waals surface area contributed by atoms with Gasteiger partial charge in [-0.3, -0.25) is 4.79 Å². The molecule has 1 amide bonds. The highest BCUT2D eigenvalue weighted by Crippen LogP contribution is 2.15. The fourth-order valence-corrected chi connectivity index (χ4v) is 0.867. The lowest BCUT2D eigenvalue weighted by atomic mass is 10.2. The second-order valence-electron chi connectivity index (χ2n) is 2.79. The molecular weight excluding hydrogens is 208 g/mol. The van der Waals surface area contributed by atoms with Crippen molar-refractivity contribution in [1.29, 1.82) is 0 Å². The van der Waals surface area contributed by atoms with E-state index in [1.54, 1.807) is 19.1 Å². The van der Waals surface area contributed by atoms with E-state index in [1.165, 1.54) is 12.5 Å². The third-order valence-corrected chi connectivity index (χ3v) is 1.75. The number of nitrogens with two attached hydrogens (primary N) is 4. The maximum Gasteiger partial charge on any atom is 0.204 e. The normalized spacial score (nSPS) is 12.2. The van der Waals surface area contributed by atoms with Crippen LogP contribution in [0.25, 0.3) is 5.70 Å². The number of hydrogen-bond donors (Lipinski definition) is 4. The Balaban J connectivity index is 0.000000673. The summed E-state index contributed by atoms with van der Waals surface area (Å²) in [5.41, 5.74) is 22.5. The van der Waals surface area contributed by atoms with Crippen LogP contribution in [-0.2, 0) is 4.79 Å². The van der Waals surface area contributed by atoms with E-state index in [-0.39, 0.29) is 6.41 Å². The van der Waals surface area contributed by atoms with Crippen molar-refractivity contribution in [3.8, 4) is 0 Å². The smallest absolute Gasteiger partial charge is 0.204 e. The summed E-state index contributed by atoms with van der Waals surface area (Å²) in [5.74, 6) is 0.554. The van der Waals surface area contributed by atoms with Crippen LogP contribution >= 0.6 is 0 Å². The number of amides is 1. The number of primary amides is 1. The summed E-state index contributed by atoms with van der Waals surface area (Å²) in [6, 6.07) is 3.49. The maximum absolute atomic E-state index is 8.58. The van der Waals surface area contributed by atoms with E-state index in [2.05, 4.69) is 5.73 Å². The van der Waals surface area contributed by atoms with Crippen LogP contribution in [0.4, 0.5) is 0 Å². The van der Waals surface area contributed by atoms with Crippen LogP contribution in [-0.4, -0.2) is 6.41 Å². The molecule has 8 N–H and O–H groups in total. The van der Waals surface area contributed by atoms with Crippen molar-refractivity contribution >= 4 is 12.1 Å². The molecule has 0 aromatic carbocycles. The van der Waals surface area contributed by atoms with Gasteiger partial charge in [0.25, 0.3) is 0 Å². The van der Waals surface area contributed by atoms with E-state index in [0.29, 0.717) is 17.2 Å². The summed E-state index contributed by atoms with van der Waals surface area (Å²) < 4.78 is 5.08. The van der Waals surface area contributed by atoms with Crippen molar-refractivity contribution in [3.63, 3.8) is 0 Å². The zero-order valence-corrected chi connectivity index (χ0v) is 9.01. The molecule has 0 saturated heterocycles. The quantitative estimate of drug-likeness (QED) is 0.408. The van der Waals surface area contributed by atoms with Crippen LogP contribution in [0.3, 0.4) is 0 Å². The molecule has 1 aromatic heterocycles. The maximum atomic E-state index is 8.58. The van der Waals surface area contributed by atoms with Crippen LogP contribution in [0.1, 0.15) is 12.7 Å². The van der Waals surface area contributed by atoms with Gasteiger partial charge in [0.2, 0.25) is 6.41 Å². The average Bonchev–Trinajstić information content (AvgIpc) is 2.80. The third-order valence-electron chi connectivity index (χ3n) is 1.75. The zero-order chi connectivity index (χ0) is 12.6. The average molecular weight is 224 g/mol. The first-order valence-electron chi connectivity index (χ1n) is 4.41. The second-order valence-corrected chi connectivity index (χ2v) is 2.79. The van der Waals surface area contributed by atoms with E-state index in [9.17, 15) is 0 Å². The lowest BCUT2D eigenvalue weighted by molar-refractivity contribution is -0.106. The number of furan rings is 1. The van der Waals surface area contributed by atoms with E-state index >= 15 is 0 Å². The van der Waals surface area contributed by atoms with E-state index in [1.807, 2.05) is 0 Å². The number of carbonyl (C=O) groups excluding carboxylic acids is 1. The summed E-state index contributed by atoms with van der Waals surface area (Å²) in [4.78, 5) is 8.58. The molecule has 0 bridgehead atoms. The molecular formula is C10H16N4O2. The highest BCUT2D eigenvalue weighted by Gasteiger charge is 2.05. The first kappa shape index (κ1) is 13.6. The van der Waals surface area contributed by atoms with Gasteiger partial charge < -0.3 is 27.4 Å². The van der Waals surface area contributed by atoms with Crippen molar-refractivity contribution in [2.75, 3.05) is 0 Å². The molecule has 6 nitrogen and oxygen atoms in total. The second kappa shape index (κ2) is 6.99. The Hall–Kier alpha value is -2.37. The van der Waals surface area contributed by atoms with Crippen molar-refractivity contribution in [3.05, 3.63) is 41.6 Å². The summed E-state index contributed by atoms with van der Waals surface area (Å²) in [7, 11) is 0. The Kier molecular flexibility index (Phi) is 5.96. The van der Waals surface area contributed by atoms with E-state index in [4.69, 9.17) is 26.4 Å². The molecule has 1 heterocycles. The highest BCUT2D eigenvalue weighted by atomic mass is 16.3. The predicted octanol–water partition coefficient (Wildman–Crippen LogP) is -0.170. The molecule has 6 heteroatoms. The van der Waals surface area contributed by atoms with Crippen LogP contribution in [0.15, 0.2) is 40.3 Å². The molecule has 0 fully saturated rings. The van der Waals surface area contributed by atoms with Crippen molar-refractivity contribution in [2.45, 2.75) is 6.92 Å². The van der Waals surface area contributed by atoms with Gasteiger partial charge in [-0.15, -0.1) is 0 Å². The fraction of sp³-hybridized carbons (Fsp3) is 0.100. The zero-order valence-electron chi connectivity index (χ0n) is 9.01. The minimum atomic E-state index is 0.250. The molecule has 0 spiro atoms. The fourth-order valence-electron chi connectivity index (χ4n) is 0.867. The van der Waals surface area contributed by atoms with E-state index < -0.39 is 0 Å².